The SMILES string of the molecule is CCNC(=O)[C@@H](Cc1ccccc1)N(Cc1cccc(C)c1)C(=O)CN(c1cccc(C)c1)S(=O)(=O)c1ccc(C)cc1. The van der Waals surface area contributed by atoms with Gasteiger partial charge in [-0.2, -0.15) is 0 Å². The van der Waals surface area contributed by atoms with Crippen LogP contribution in [0, 0.1) is 20.8 Å². The Morgan fingerprint density at radius 2 is 1.37 bits per heavy atom. The maximum Gasteiger partial charge on any atom is 0.264 e. The molecule has 8 heteroatoms. The number of hydrogen-bond acceptors (Lipinski definition) is 4. The van der Waals surface area contributed by atoms with E-state index >= 15 is 0 Å². The van der Waals surface area contributed by atoms with Crippen LogP contribution >= 0.6 is 0 Å². The average Bonchev–Trinajstić information content (AvgIpc) is 2.98. The van der Waals surface area contributed by atoms with Crippen LogP contribution in [0.3, 0.4) is 0 Å². The zero-order chi connectivity index (χ0) is 31.0. The van der Waals surface area contributed by atoms with E-state index < -0.39 is 28.5 Å². The predicted molar refractivity (Wildman–Crippen MR) is 171 cm³/mol. The summed E-state index contributed by atoms with van der Waals surface area (Å²) in [6.07, 6.45) is 0.277. The van der Waals surface area contributed by atoms with Crippen molar-refractivity contribution in [3.8, 4) is 0 Å². The predicted octanol–water partition coefficient (Wildman–Crippen LogP) is 5.58. The summed E-state index contributed by atoms with van der Waals surface area (Å²) in [5.74, 6) is -0.776. The fourth-order valence-corrected chi connectivity index (χ4v) is 6.41. The minimum absolute atomic E-state index is 0.0854. The van der Waals surface area contributed by atoms with Crippen LogP contribution in [0.1, 0.15) is 34.7 Å². The third-order valence-electron chi connectivity index (χ3n) is 7.23. The van der Waals surface area contributed by atoms with Gasteiger partial charge in [-0.05, 0) is 68.7 Å². The van der Waals surface area contributed by atoms with E-state index in [4.69, 9.17) is 0 Å². The Labute approximate surface area is 255 Å². The fraction of sp³-hybridized carbons (Fsp3) is 0.257. The third-order valence-corrected chi connectivity index (χ3v) is 9.02. The number of sulfonamides is 1. The molecule has 0 spiro atoms. The highest BCUT2D eigenvalue weighted by Crippen LogP contribution is 2.26. The van der Waals surface area contributed by atoms with Crippen molar-refractivity contribution in [1.82, 2.24) is 10.2 Å². The minimum atomic E-state index is -4.13. The van der Waals surface area contributed by atoms with E-state index in [1.807, 2.05) is 88.4 Å². The molecule has 7 nitrogen and oxygen atoms in total. The first-order valence-corrected chi connectivity index (χ1v) is 15.8. The van der Waals surface area contributed by atoms with Gasteiger partial charge in [0.2, 0.25) is 11.8 Å². The summed E-state index contributed by atoms with van der Waals surface area (Å²) in [7, 11) is -4.13. The summed E-state index contributed by atoms with van der Waals surface area (Å²) in [6.45, 7) is 7.62. The van der Waals surface area contributed by atoms with Gasteiger partial charge in [-0.3, -0.25) is 13.9 Å². The van der Waals surface area contributed by atoms with Gasteiger partial charge in [0.15, 0.2) is 0 Å². The van der Waals surface area contributed by atoms with E-state index in [1.165, 1.54) is 4.90 Å². The molecule has 0 radical (unpaired) electrons. The van der Waals surface area contributed by atoms with Crippen molar-refractivity contribution in [3.05, 3.63) is 131 Å². The molecule has 0 heterocycles. The quantitative estimate of drug-likeness (QED) is 0.231. The molecule has 0 unspecified atom stereocenters. The monoisotopic (exact) mass is 597 g/mol. The van der Waals surface area contributed by atoms with Crippen molar-refractivity contribution >= 4 is 27.5 Å². The van der Waals surface area contributed by atoms with E-state index in [2.05, 4.69) is 5.32 Å². The zero-order valence-corrected chi connectivity index (χ0v) is 26.0. The van der Waals surface area contributed by atoms with Crippen LogP contribution in [0.5, 0.6) is 0 Å². The molecule has 0 aliphatic carbocycles. The first kappa shape index (κ1) is 31.5. The van der Waals surface area contributed by atoms with Gasteiger partial charge >= 0.3 is 0 Å². The van der Waals surface area contributed by atoms with Crippen LogP contribution in [0.2, 0.25) is 0 Å². The second kappa shape index (κ2) is 14.2. The second-order valence-corrected chi connectivity index (χ2v) is 12.6. The molecule has 4 aromatic rings. The van der Waals surface area contributed by atoms with Crippen LogP contribution < -0.4 is 9.62 Å². The molecule has 2 amide bonds. The number of amides is 2. The molecule has 43 heavy (non-hydrogen) atoms. The Balaban J connectivity index is 1.80. The van der Waals surface area contributed by atoms with Crippen LogP contribution in [-0.4, -0.2) is 44.3 Å². The Kier molecular flexibility index (Phi) is 10.4. The molecule has 0 fully saturated rings. The Bertz CT molecular complexity index is 1650. The second-order valence-electron chi connectivity index (χ2n) is 10.8. The van der Waals surface area contributed by atoms with Crippen molar-refractivity contribution in [2.45, 2.75) is 51.6 Å². The maximum absolute atomic E-state index is 14.4. The summed E-state index contributed by atoms with van der Waals surface area (Å²) in [5, 5.41) is 2.89. The number of nitrogens with zero attached hydrogens (tertiary/aromatic N) is 2. The minimum Gasteiger partial charge on any atom is -0.355 e. The topological polar surface area (TPSA) is 86.8 Å². The van der Waals surface area contributed by atoms with Crippen molar-refractivity contribution in [2.75, 3.05) is 17.4 Å². The maximum atomic E-state index is 14.4. The summed E-state index contributed by atoms with van der Waals surface area (Å²) in [4.78, 5) is 29.6. The lowest BCUT2D eigenvalue weighted by molar-refractivity contribution is -0.140. The molecule has 0 aliphatic rings. The van der Waals surface area contributed by atoms with Gasteiger partial charge < -0.3 is 10.2 Å². The largest absolute Gasteiger partial charge is 0.355 e. The first-order valence-electron chi connectivity index (χ1n) is 14.4. The molecule has 0 bridgehead atoms. The normalized spacial score (nSPS) is 11.9. The highest BCUT2D eigenvalue weighted by atomic mass is 32.2. The smallest absolute Gasteiger partial charge is 0.264 e. The summed E-state index contributed by atoms with van der Waals surface area (Å²) < 4.78 is 29.3. The number of carbonyl (C=O) groups is 2. The molecule has 0 aromatic heterocycles. The number of hydrogen-bond donors (Lipinski definition) is 1. The number of benzene rings is 4. The van der Waals surface area contributed by atoms with Crippen molar-refractivity contribution in [1.29, 1.82) is 0 Å². The van der Waals surface area contributed by atoms with E-state index in [0.29, 0.717) is 12.2 Å². The van der Waals surface area contributed by atoms with Crippen LogP contribution in [-0.2, 0) is 32.6 Å². The molecular formula is C35H39N3O4S. The Morgan fingerprint density at radius 3 is 2.00 bits per heavy atom. The molecular weight excluding hydrogens is 558 g/mol. The molecule has 4 rings (SSSR count). The van der Waals surface area contributed by atoms with Gasteiger partial charge in [-0.1, -0.05) is 90.0 Å². The highest BCUT2D eigenvalue weighted by molar-refractivity contribution is 7.92. The van der Waals surface area contributed by atoms with Crippen LogP contribution in [0.15, 0.2) is 108 Å². The van der Waals surface area contributed by atoms with E-state index in [9.17, 15) is 18.0 Å². The standard InChI is InChI=1S/C35H39N3O4S/c1-5-36-35(40)33(23-29-13-7-6-8-14-29)37(24-30-15-9-11-27(3)21-30)34(39)25-38(31-16-10-12-28(4)22-31)43(41,42)32-19-17-26(2)18-20-32/h6-22,33H,5,23-25H2,1-4H3,(H,36,40)/t33-/m1/s1. The van der Waals surface area contributed by atoms with Crippen LogP contribution in [0.4, 0.5) is 5.69 Å². The number of rotatable bonds is 12. The summed E-state index contributed by atoms with van der Waals surface area (Å²) in [5.41, 5.74) is 4.91. The molecule has 224 valence electrons. The third kappa shape index (κ3) is 8.11. The summed E-state index contributed by atoms with van der Waals surface area (Å²) in [6, 6.07) is 30.1. The van der Waals surface area contributed by atoms with Gasteiger partial charge in [-0.15, -0.1) is 0 Å². The lowest BCUT2D eigenvalue weighted by Crippen LogP contribution is -2.53. The van der Waals surface area contributed by atoms with Gasteiger partial charge in [0.25, 0.3) is 10.0 Å². The average molecular weight is 598 g/mol. The number of aryl methyl sites for hydroxylation is 3. The van der Waals surface area contributed by atoms with E-state index in [0.717, 1.165) is 32.1 Å². The lowest BCUT2D eigenvalue weighted by atomic mass is 10.0. The molecule has 1 atom stereocenters. The molecule has 0 saturated heterocycles. The molecule has 1 N–H and O–H groups in total. The number of carbonyl (C=O) groups excluding carboxylic acids is 2. The summed E-state index contributed by atoms with van der Waals surface area (Å²) >= 11 is 0. The highest BCUT2D eigenvalue weighted by Gasteiger charge is 2.34. The van der Waals surface area contributed by atoms with Gasteiger partial charge in [-0.25, -0.2) is 8.42 Å². The van der Waals surface area contributed by atoms with Crippen LogP contribution in [0.25, 0.3) is 0 Å². The first-order chi connectivity index (χ1) is 20.6. The van der Waals surface area contributed by atoms with E-state index in [-0.39, 0.29) is 23.8 Å². The zero-order valence-electron chi connectivity index (χ0n) is 25.2. The number of anilines is 1. The van der Waals surface area contributed by atoms with Crippen molar-refractivity contribution in [3.63, 3.8) is 0 Å². The molecule has 0 saturated carbocycles. The molecule has 4 aromatic carbocycles. The van der Waals surface area contributed by atoms with Crippen molar-refractivity contribution < 1.29 is 18.0 Å². The number of likely N-dealkylation sites (N-methyl/N-ethyl adjacent to an activating group) is 1. The fourth-order valence-electron chi connectivity index (χ4n) is 5.00. The van der Waals surface area contributed by atoms with Gasteiger partial charge in [0.05, 0.1) is 10.6 Å². The Hall–Kier alpha value is -4.43. The van der Waals surface area contributed by atoms with Gasteiger partial charge in [0.1, 0.15) is 12.6 Å². The van der Waals surface area contributed by atoms with Crippen molar-refractivity contribution in [2.24, 2.45) is 0 Å². The lowest BCUT2D eigenvalue weighted by Gasteiger charge is -2.34. The number of nitrogens with one attached hydrogen (secondary N) is 1. The van der Waals surface area contributed by atoms with Gasteiger partial charge in [0, 0.05) is 19.5 Å². The molecule has 0 aliphatic heterocycles. The Morgan fingerprint density at radius 1 is 0.744 bits per heavy atom. The van der Waals surface area contributed by atoms with E-state index in [1.54, 1.807) is 42.5 Å².